The number of benzene rings is 4. The second-order valence-electron chi connectivity index (χ2n) is 9.37. The smallest absolute Gasteiger partial charge is 0.335 e. The van der Waals surface area contributed by atoms with Crippen LogP contribution in [-0.4, -0.2) is 30.4 Å². The van der Waals surface area contributed by atoms with Gasteiger partial charge >= 0.3 is 6.03 Å². The van der Waals surface area contributed by atoms with Gasteiger partial charge in [-0.15, -0.1) is 0 Å². The van der Waals surface area contributed by atoms with Crippen molar-refractivity contribution in [2.75, 3.05) is 16.8 Å². The number of imide groups is 2. The second kappa shape index (κ2) is 13.8. The van der Waals surface area contributed by atoms with Gasteiger partial charge in [-0.05, 0) is 72.3 Å². The summed E-state index contributed by atoms with van der Waals surface area (Å²) in [6, 6.07) is 24.6. The van der Waals surface area contributed by atoms with Crippen LogP contribution < -0.4 is 25.0 Å². The van der Waals surface area contributed by atoms with Crippen LogP contribution >= 0.6 is 39.1 Å². The summed E-state index contributed by atoms with van der Waals surface area (Å²) in [4.78, 5) is 52.4. The lowest BCUT2D eigenvalue weighted by Crippen LogP contribution is -2.54. The minimum Gasteiger partial charge on any atom is -0.489 e. The van der Waals surface area contributed by atoms with Crippen LogP contribution in [0.3, 0.4) is 0 Å². The largest absolute Gasteiger partial charge is 0.489 e. The fourth-order valence-corrected chi connectivity index (χ4v) is 4.83. The van der Waals surface area contributed by atoms with Gasteiger partial charge in [-0.3, -0.25) is 19.7 Å². The number of ether oxygens (including phenoxy) is 2. The number of barbiturate groups is 1. The van der Waals surface area contributed by atoms with Crippen molar-refractivity contribution in [2.45, 2.75) is 6.61 Å². The van der Waals surface area contributed by atoms with Crippen LogP contribution in [0.25, 0.3) is 6.08 Å². The van der Waals surface area contributed by atoms with E-state index < -0.39 is 23.8 Å². The van der Waals surface area contributed by atoms with E-state index >= 15 is 0 Å². The Morgan fingerprint density at radius 2 is 1.64 bits per heavy atom. The number of halogens is 3. The fourth-order valence-electron chi connectivity index (χ4n) is 4.16. The molecule has 4 aromatic rings. The summed E-state index contributed by atoms with van der Waals surface area (Å²) >= 11 is 15.3. The maximum atomic E-state index is 13.5. The van der Waals surface area contributed by atoms with Crippen LogP contribution in [0.1, 0.15) is 11.1 Å². The standard InChI is InChI=1S/C32H22BrCl2N3O6/c33-21-6-13-28(44-18-29(39)36-22-7-12-26(34)27(35)16-22)20(14-21)15-25-30(40)37-32(42)38(31(25)41)23-8-10-24(11-9-23)43-17-19-4-2-1-3-5-19/h1-16H,17-18H2,(H,36,39)(H,37,40,42)/b25-15-. The summed E-state index contributed by atoms with van der Waals surface area (Å²) in [6.45, 7) is -0.0413. The highest BCUT2D eigenvalue weighted by molar-refractivity contribution is 9.10. The molecular formula is C32H22BrCl2N3O6. The third-order valence-electron chi connectivity index (χ3n) is 6.28. The van der Waals surface area contributed by atoms with Crippen molar-refractivity contribution in [3.05, 3.63) is 122 Å². The van der Waals surface area contributed by atoms with Crippen molar-refractivity contribution in [3.63, 3.8) is 0 Å². The number of rotatable bonds is 9. The third kappa shape index (κ3) is 7.46. The van der Waals surface area contributed by atoms with E-state index in [1.807, 2.05) is 30.3 Å². The fraction of sp³-hybridized carbons (Fsp3) is 0.0625. The molecule has 9 nitrogen and oxygen atoms in total. The molecule has 1 saturated heterocycles. The molecule has 2 N–H and O–H groups in total. The summed E-state index contributed by atoms with van der Waals surface area (Å²) in [6.07, 6.45) is 1.30. The molecule has 222 valence electrons. The molecule has 0 aromatic heterocycles. The van der Waals surface area contributed by atoms with E-state index in [1.54, 1.807) is 54.6 Å². The Morgan fingerprint density at radius 3 is 2.36 bits per heavy atom. The summed E-state index contributed by atoms with van der Waals surface area (Å²) < 4.78 is 12.1. The van der Waals surface area contributed by atoms with Gasteiger partial charge in [0.15, 0.2) is 6.61 Å². The number of anilines is 2. The Bertz CT molecular complexity index is 1780. The van der Waals surface area contributed by atoms with Crippen molar-refractivity contribution in [1.82, 2.24) is 5.32 Å². The van der Waals surface area contributed by atoms with Gasteiger partial charge < -0.3 is 14.8 Å². The molecule has 1 aliphatic rings. The molecule has 0 unspecified atom stereocenters. The van der Waals surface area contributed by atoms with E-state index in [2.05, 4.69) is 26.6 Å². The zero-order valence-corrected chi connectivity index (χ0v) is 25.8. The maximum Gasteiger partial charge on any atom is 0.335 e. The number of nitrogens with one attached hydrogen (secondary N) is 2. The van der Waals surface area contributed by atoms with Crippen molar-refractivity contribution >= 4 is 80.3 Å². The Hall–Kier alpha value is -4.64. The first-order valence-electron chi connectivity index (χ1n) is 13.0. The lowest BCUT2D eigenvalue weighted by Gasteiger charge is -2.26. The third-order valence-corrected chi connectivity index (χ3v) is 7.51. The Labute approximate surface area is 270 Å². The molecule has 4 aromatic carbocycles. The molecule has 0 spiro atoms. The van der Waals surface area contributed by atoms with E-state index in [4.69, 9.17) is 32.7 Å². The Morgan fingerprint density at radius 1 is 0.886 bits per heavy atom. The van der Waals surface area contributed by atoms with Gasteiger partial charge in [0.2, 0.25) is 0 Å². The number of urea groups is 1. The van der Waals surface area contributed by atoms with Gasteiger partial charge in [-0.1, -0.05) is 69.5 Å². The predicted molar refractivity (Wildman–Crippen MR) is 171 cm³/mol. The van der Waals surface area contributed by atoms with Crippen molar-refractivity contribution in [3.8, 4) is 11.5 Å². The molecule has 0 bridgehead atoms. The normalized spacial score (nSPS) is 13.9. The highest BCUT2D eigenvalue weighted by Crippen LogP contribution is 2.29. The SMILES string of the molecule is O=C(COc1ccc(Br)cc1/C=C1/C(=O)NC(=O)N(c2ccc(OCc3ccccc3)cc2)C1=O)Nc1ccc(Cl)c(Cl)c1. The van der Waals surface area contributed by atoms with Gasteiger partial charge in [-0.25, -0.2) is 9.69 Å². The van der Waals surface area contributed by atoms with Gasteiger partial charge in [0, 0.05) is 15.7 Å². The van der Waals surface area contributed by atoms with E-state index in [0.717, 1.165) is 10.5 Å². The molecule has 1 fully saturated rings. The lowest BCUT2D eigenvalue weighted by atomic mass is 10.1. The summed E-state index contributed by atoms with van der Waals surface area (Å²) in [5, 5.41) is 5.48. The highest BCUT2D eigenvalue weighted by atomic mass is 79.9. The monoisotopic (exact) mass is 693 g/mol. The van der Waals surface area contributed by atoms with Crippen molar-refractivity contribution in [2.24, 2.45) is 0 Å². The van der Waals surface area contributed by atoms with E-state index in [9.17, 15) is 19.2 Å². The molecular weight excluding hydrogens is 673 g/mol. The second-order valence-corrected chi connectivity index (χ2v) is 11.1. The number of carbonyl (C=O) groups is 4. The number of nitrogens with zero attached hydrogens (tertiary/aromatic N) is 1. The zero-order chi connectivity index (χ0) is 31.2. The van der Waals surface area contributed by atoms with Crippen LogP contribution in [0.15, 0.2) is 101 Å². The molecule has 5 rings (SSSR count). The molecule has 0 aliphatic carbocycles. The minimum absolute atomic E-state index is 0.217. The minimum atomic E-state index is -0.889. The summed E-state index contributed by atoms with van der Waals surface area (Å²) in [5.41, 5.74) is 1.66. The van der Waals surface area contributed by atoms with Crippen molar-refractivity contribution in [1.29, 1.82) is 0 Å². The quantitative estimate of drug-likeness (QED) is 0.144. The van der Waals surface area contributed by atoms with Crippen LogP contribution in [0.4, 0.5) is 16.2 Å². The molecule has 1 aliphatic heterocycles. The van der Waals surface area contributed by atoms with Crippen LogP contribution in [0, 0.1) is 0 Å². The Balaban J connectivity index is 1.31. The zero-order valence-electron chi connectivity index (χ0n) is 22.7. The molecule has 1 heterocycles. The Kier molecular flexibility index (Phi) is 9.64. The highest BCUT2D eigenvalue weighted by Gasteiger charge is 2.37. The molecule has 44 heavy (non-hydrogen) atoms. The van der Waals surface area contributed by atoms with E-state index in [-0.39, 0.29) is 28.6 Å². The van der Waals surface area contributed by atoms with Gasteiger partial charge in [-0.2, -0.15) is 0 Å². The summed E-state index contributed by atoms with van der Waals surface area (Å²) in [7, 11) is 0. The number of hydrogen-bond acceptors (Lipinski definition) is 6. The van der Waals surface area contributed by atoms with Gasteiger partial charge in [0.05, 0.1) is 15.7 Å². The van der Waals surface area contributed by atoms with Gasteiger partial charge in [0.1, 0.15) is 23.7 Å². The first-order chi connectivity index (χ1) is 21.2. The van der Waals surface area contributed by atoms with E-state index in [1.165, 1.54) is 12.1 Å². The number of carbonyl (C=O) groups excluding carboxylic acids is 4. The lowest BCUT2D eigenvalue weighted by molar-refractivity contribution is -0.122. The van der Waals surface area contributed by atoms with Gasteiger partial charge in [0.25, 0.3) is 17.7 Å². The number of hydrogen-bond donors (Lipinski definition) is 2. The molecule has 12 heteroatoms. The van der Waals surface area contributed by atoms with Crippen LogP contribution in [-0.2, 0) is 21.0 Å². The van der Waals surface area contributed by atoms with E-state index in [0.29, 0.717) is 33.1 Å². The number of amides is 5. The average molecular weight is 695 g/mol. The first kappa shape index (κ1) is 30.8. The molecule has 5 amide bonds. The topological polar surface area (TPSA) is 114 Å². The van der Waals surface area contributed by atoms with Crippen molar-refractivity contribution < 1.29 is 28.7 Å². The average Bonchev–Trinajstić information content (AvgIpc) is 3.00. The summed E-state index contributed by atoms with van der Waals surface area (Å²) in [5.74, 6) is -1.44. The molecule has 0 saturated carbocycles. The van der Waals surface area contributed by atoms with Crippen LogP contribution in [0.2, 0.25) is 10.0 Å². The molecule has 0 atom stereocenters. The first-order valence-corrected chi connectivity index (χ1v) is 14.6. The predicted octanol–water partition coefficient (Wildman–Crippen LogP) is 7.02. The maximum absolute atomic E-state index is 13.5. The molecule has 0 radical (unpaired) electrons. The van der Waals surface area contributed by atoms with Crippen LogP contribution in [0.5, 0.6) is 11.5 Å².